The molecular weight excluding hydrogens is 462 g/mol. The van der Waals surface area contributed by atoms with Gasteiger partial charge in [-0.1, -0.05) is 60.7 Å². The third-order valence-corrected chi connectivity index (χ3v) is 8.84. The first-order valence-electron chi connectivity index (χ1n) is 11.5. The van der Waals surface area contributed by atoms with Gasteiger partial charge in [0.2, 0.25) is 10.0 Å². The van der Waals surface area contributed by atoms with E-state index in [0.29, 0.717) is 18.0 Å². The SMILES string of the molecule is O=S(=O)(c1cccc(-c2csc(=Nc3ccccc3)n2CCc2ccccc2)c1)N1CCCC1. The standard InChI is InChI=1S/C27H27N3O2S2/c31-34(32,29-17-7-8-18-29)25-15-9-12-23(20-25)26-21-33-27(28-24-13-5-2-6-14-24)30(26)19-16-22-10-3-1-4-11-22/h1-6,9-15,20-21H,7-8,16-19H2. The molecule has 0 aliphatic carbocycles. The van der Waals surface area contributed by atoms with Gasteiger partial charge in [-0.05, 0) is 49.1 Å². The lowest BCUT2D eigenvalue weighted by Crippen LogP contribution is -2.27. The molecule has 174 valence electrons. The number of sulfonamides is 1. The number of hydrogen-bond acceptors (Lipinski definition) is 4. The summed E-state index contributed by atoms with van der Waals surface area (Å²) >= 11 is 1.58. The number of hydrogen-bond donors (Lipinski definition) is 0. The van der Waals surface area contributed by atoms with Crippen molar-refractivity contribution < 1.29 is 8.42 Å². The molecule has 2 heterocycles. The van der Waals surface area contributed by atoms with E-state index < -0.39 is 10.0 Å². The van der Waals surface area contributed by atoms with E-state index in [1.807, 2.05) is 48.5 Å². The Kier molecular flexibility index (Phi) is 6.76. The lowest BCUT2D eigenvalue weighted by atomic mass is 10.1. The van der Waals surface area contributed by atoms with Crippen LogP contribution in [-0.2, 0) is 23.0 Å². The molecule has 0 bridgehead atoms. The fourth-order valence-corrected chi connectivity index (χ4v) is 6.78. The van der Waals surface area contributed by atoms with Crippen LogP contribution < -0.4 is 4.80 Å². The molecule has 1 fully saturated rings. The monoisotopic (exact) mass is 489 g/mol. The first-order valence-corrected chi connectivity index (χ1v) is 13.9. The first kappa shape index (κ1) is 22.8. The summed E-state index contributed by atoms with van der Waals surface area (Å²) in [4.78, 5) is 6.14. The van der Waals surface area contributed by atoms with Crippen molar-refractivity contribution in [3.05, 3.63) is 101 Å². The third-order valence-electron chi connectivity index (χ3n) is 6.08. The van der Waals surface area contributed by atoms with Gasteiger partial charge >= 0.3 is 0 Å². The number of benzene rings is 3. The van der Waals surface area contributed by atoms with Crippen LogP contribution >= 0.6 is 11.3 Å². The van der Waals surface area contributed by atoms with Crippen LogP contribution in [0.15, 0.2) is 100 Å². The Hall–Kier alpha value is -3.00. The van der Waals surface area contributed by atoms with Crippen LogP contribution in [0, 0.1) is 0 Å². The summed E-state index contributed by atoms with van der Waals surface area (Å²) in [5, 5.41) is 2.08. The largest absolute Gasteiger partial charge is 0.316 e. The Bertz CT molecular complexity index is 1420. The van der Waals surface area contributed by atoms with Crippen LogP contribution in [0.1, 0.15) is 18.4 Å². The average molecular weight is 490 g/mol. The summed E-state index contributed by atoms with van der Waals surface area (Å²) in [6.07, 6.45) is 2.71. The average Bonchev–Trinajstić information content (AvgIpc) is 3.55. The number of para-hydroxylation sites is 1. The van der Waals surface area contributed by atoms with E-state index in [1.54, 1.807) is 27.8 Å². The zero-order valence-electron chi connectivity index (χ0n) is 18.9. The summed E-state index contributed by atoms with van der Waals surface area (Å²) in [6, 6.07) is 27.6. The van der Waals surface area contributed by atoms with E-state index in [9.17, 15) is 8.42 Å². The maximum atomic E-state index is 13.2. The molecule has 0 saturated carbocycles. The maximum absolute atomic E-state index is 13.2. The lowest BCUT2D eigenvalue weighted by Gasteiger charge is -2.16. The van der Waals surface area contributed by atoms with E-state index in [2.05, 4.69) is 34.2 Å². The number of rotatable bonds is 7. The summed E-state index contributed by atoms with van der Waals surface area (Å²) in [5.41, 5.74) is 4.02. The Balaban J connectivity index is 1.55. The molecule has 34 heavy (non-hydrogen) atoms. The van der Waals surface area contributed by atoms with Crippen molar-refractivity contribution in [2.24, 2.45) is 4.99 Å². The van der Waals surface area contributed by atoms with Gasteiger partial charge in [0.25, 0.3) is 0 Å². The minimum atomic E-state index is -3.48. The Morgan fingerprint density at radius 3 is 2.29 bits per heavy atom. The van der Waals surface area contributed by atoms with E-state index in [4.69, 9.17) is 4.99 Å². The van der Waals surface area contributed by atoms with Crippen LogP contribution in [0.3, 0.4) is 0 Å². The van der Waals surface area contributed by atoms with E-state index >= 15 is 0 Å². The third kappa shape index (κ3) is 4.92. The molecule has 0 amide bonds. The molecule has 1 aromatic heterocycles. The van der Waals surface area contributed by atoms with Gasteiger partial charge in [0.1, 0.15) is 0 Å². The summed E-state index contributed by atoms with van der Waals surface area (Å²) < 4.78 is 30.1. The van der Waals surface area contributed by atoms with E-state index in [1.165, 1.54) is 5.56 Å². The van der Waals surface area contributed by atoms with Crippen molar-refractivity contribution in [1.29, 1.82) is 0 Å². The fraction of sp³-hybridized carbons (Fsp3) is 0.222. The lowest BCUT2D eigenvalue weighted by molar-refractivity contribution is 0.477. The zero-order valence-corrected chi connectivity index (χ0v) is 20.5. The summed E-state index contributed by atoms with van der Waals surface area (Å²) in [7, 11) is -3.48. The molecule has 7 heteroatoms. The highest BCUT2D eigenvalue weighted by Gasteiger charge is 2.27. The predicted molar refractivity (Wildman–Crippen MR) is 138 cm³/mol. The Labute approximate surface area is 204 Å². The molecule has 0 unspecified atom stereocenters. The van der Waals surface area contributed by atoms with Crippen molar-refractivity contribution in [2.75, 3.05) is 13.1 Å². The molecule has 3 aromatic carbocycles. The quantitative estimate of drug-likeness (QED) is 0.345. The number of thiazole rings is 1. The Morgan fingerprint density at radius 2 is 1.56 bits per heavy atom. The van der Waals surface area contributed by atoms with Gasteiger partial charge in [0.15, 0.2) is 4.80 Å². The molecule has 0 N–H and O–H groups in total. The van der Waals surface area contributed by atoms with E-state index in [-0.39, 0.29) is 0 Å². The molecule has 0 spiro atoms. The van der Waals surface area contributed by atoms with Crippen LogP contribution in [0.4, 0.5) is 5.69 Å². The van der Waals surface area contributed by atoms with Crippen LogP contribution in [0.5, 0.6) is 0 Å². The molecule has 4 aromatic rings. The zero-order chi connectivity index (χ0) is 23.4. The topological polar surface area (TPSA) is 54.7 Å². The second-order valence-corrected chi connectivity index (χ2v) is 11.2. The summed E-state index contributed by atoms with van der Waals surface area (Å²) in [6.45, 7) is 1.95. The van der Waals surface area contributed by atoms with Crippen molar-refractivity contribution >= 4 is 27.0 Å². The molecule has 1 aliphatic heterocycles. The maximum Gasteiger partial charge on any atom is 0.243 e. The fourth-order valence-electron chi connectivity index (χ4n) is 4.26. The predicted octanol–water partition coefficient (Wildman–Crippen LogP) is 5.48. The summed E-state index contributed by atoms with van der Waals surface area (Å²) in [5.74, 6) is 0. The van der Waals surface area contributed by atoms with Crippen molar-refractivity contribution in [2.45, 2.75) is 30.7 Å². The van der Waals surface area contributed by atoms with Gasteiger partial charge in [-0.3, -0.25) is 0 Å². The van der Waals surface area contributed by atoms with Crippen molar-refractivity contribution in [3.63, 3.8) is 0 Å². The molecule has 0 atom stereocenters. The van der Waals surface area contributed by atoms with Gasteiger partial charge in [-0.15, -0.1) is 11.3 Å². The second-order valence-electron chi connectivity index (χ2n) is 8.38. The molecular formula is C27H27N3O2S2. The molecule has 5 nitrogen and oxygen atoms in total. The number of aryl methyl sites for hydroxylation is 1. The molecule has 0 radical (unpaired) electrons. The van der Waals surface area contributed by atoms with Crippen LogP contribution in [0.2, 0.25) is 0 Å². The number of aromatic nitrogens is 1. The minimum Gasteiger partial charge on any atom is -0.316 e. The molecule has 1 saturated heterocycles. The normalized spacial score (nSPS) is 15.1. The van der Waals surface area contributed by atoms with Crippen LogP contribution in [-0.4, -0.2) is 30.4 Å². The highest BCUT2D eigenvalue weighted by Crippen LogP contribution is 2.27. The highest BCUT2D eigenvalue weighted by molar-refractivity contribution is 7.89. The molecule has 5 rings (SSSR count). The smallest absolute Gasteiger partial charge is 0.243 e. The second kappa shape index (κ2) is 10.1. The van der Waals surface area contributed by atoms with Gasteiger partial charge in [0.05, 0.1) is 16.3 Å². The van der Waals surface area contributed by atoms with Crippen LogP contribution in [0.25, 0.3) is 11.3 Å². The van der Waals surface area contributed by atoms with Gasteiger partial charge in [-0.2, -0.15) is 4.31 Å². The van der Waals surface area contributed by atoms with Gasteiger partial charge in [-0.25, -0.2) is 13.4 Å². The number of nitrogens with zero attached hydrogens (tertiary/aromatic N) is 3. The Morgan fingerprint density at radius 1 is 0.853 bits per heavy atom. The molecule has 1 aliphatic rings. The highest BCUT2D eigenvalue weighted by atomic mass is 32.2. The minimum absolute atomic E-state index is 0.356. The first-order chi connectivity index (χ1) is 16.6. The van der Waals surface area contributed by atoms with Crippen molar-refractivity contribution in [3.8, 4) is 11.3 Å². The van der Waals surface area contributed by atoms with Crippen molar-refractivity contribution in [1.82, 2.24) is 8.87 Å². The van der Waals surface area contributed by atoms with E-state index in [0.717, 1.165) is 47.6 Å². The van der Waals surface area contributed by atoms with Gasteiger partial charge in [0, 0.05) is 30.6 Å². The van der Waals surface area contributed by atoms with Gasteiger partial charge < -0.3 is 4.57 Å².